The second-order valence-electron chi connectivity index (χ2n) is 8.30. The van der Waals surface area contributed by atoms with Gasteiger partial charge in [-0.25, -0.2) is 0 Å². The second-order valence-corrected chi connectivity index (χ2v) is 8.73. The molecule has 1 N–H and O–H groups in total. The predicted octanol–water partition coefficient (Wildman–Crippen LogP) is 3.02. The van der Waals surface area contributed by atoms with Gasteiger partial charge in [0.25, 0.3) is 0 Å². The highest BCUT2D eigenvalue weighted by molar-refractivity contribution is 14.0. The molecule has 0 bridgehead atoms. The zero-order chi connectivity index (χ0) is 20.2. The van der Waals surface area contributed by atoms with Gasteiger partial charge in [0, 0.05) is 62.8 Å². The summed E-state index contributed by atoms with van der Waals surface area (Å²) in [5.74, 6) is 1.81. The first-order valence-corrected chi connectivity index (χ1v) is 11.3. The SMILES string of the molecule is CCN=C(NC1CC1c1cccc(Cl)c1)N1CCN(CC(=O)N2CCCC2)CC1.I. The molecule has 166 valence electrons. The van der Waals surface area contributed by atoms with Gasteiger partial charge in [0.15, 0.2) is 5.96 Å². The second kappa shape index (κ2) is 11.0. The fourth-order valence-corrected chi connectivity index (χ4v) is 4.59. The highest BCUT2D eigenvalue weighted by atomic mass is 127. The Morgan fingerprint density at radius 1 is 1.13 bits per heavy atom. The lowest BCUT2D eigenvalue weighted by molar-refractivity contribution is -0.131. The van der Waals surface area contributed by atoms with Crippen LogP contribution in [0.4, 0.5) is 0 Å². The van der Waals surface area contributed by atoms with Crippen molar-refractivity contribution in [3.8, 4) is 0 Å². The molecule has 1 saturated carbocycles. The van der Waals surface area contributed by atoms with Gasteiger partial charge in [-0.15, -0.1) is 24.0 Å². The number of aliphatic imine (C=N–C) groups is 1. The van der Waals surface area contributed by atoms with Crippen molar-refractivity contribution in [3.05, 3.63) is 34.9 Å². The van der Waals surface area contributed by atoms with Crippen LogP contribution < -0.4 is 5.32 Å². The molecule has 1 aromatic carbocycles. The van der Waals surface area contributed by atoms with Gasteiger partial charge in [-0.2, -0.15) is 0 Å². The smallest absolute Gasteiger partial charge is 0.236 e. The molecule has 1 aliphatic carbocycles. The van der Waals surface area contributed by atoms with Gasteiger partial charge in [-0.1, -0.05) is 23.7 Å². The fraction of sp³-hybridized carbons (Fsp3) is 0.636. The van der Waals surface area contributed by atoms with Crippen molar-refractivity contribution in [1.82, 2.24) is 20.0 Å². The molecule has 2 aliphatic heterocycles. The summed E-state index contributed by atoms with van der Waals surface area (Å²) in [5, 5.41) is 4.47. The summed E-state index contributed by atoms with van der Waals surface area (Å²) >= 11 is 6.15. The highest BCUT2D eigenvalue weighted by Crippen LogP contribution is 2.41. The third kappa shape index (κ3) is 6.01. The molecule has 30 heavy (non-hydrogen) atoms. The number of nitrogens with one attached hydrogen (secondary N) is 1. The molecule has 6 nitrogen and oxygen atoms in total. The summed E-state index contributed by atoms with van der Waals surface area (Å²) in [6.07, 6.45) is 3.42. The Hall–Kier alpha value is -1.06. The molecule has 2 atom stereocenters. The minimum Gasteiger partial charge on any atom is -0.353 e. The van der Waals surface area contributed by atoms with E-state index >= 15 is 0 Å². The Labute approximate surface area is 202 Å². The minimum atomic E-state index is 0. The third-order valence-electron chi connectivity index (χ3n) is 6.18. The normalized spacial score (nSPS) is 24.5. The van der Waals surface area contributed by atoms with Crippen LogP contribution in [0.25, 0.3) is 0 Å². The molecular weight excluding hydrogens is 513 g/mol. The summed E-state index contributed by atoms with van der Waals surface area (Å²) in [7, 11) is 0. The number of carbonyl (C=O) groups is 1. The van der Waals surface area contributed by atoms with E-state index in [0.717, 1.165) is 76.1 Å². The summed E-state index contributed by atoms with van der Waals surface area (Å²) in [6, 6.07) is 8.60. The Balaban J connectivity index is 0.00000256. The first-order valence-electron chi connectivity index (χ1n) is 11.0. The standard InChI is InChI=1S/C22H32ClN5O.HI/c1-2-24-22(25-20-15-19(20)17-6-5-7-18(23)14-17)28-12-10-26(11-13-28)16-21(29)27-8-3-4-9-27;/h5-7,14,19-20H,2-4,8-13,15-16H2,1H3,(H,24,25);1H. The van der Waals surface area contributed by atoms with Crippen molar-refractivity contribution in [2.45, 2.75) is 38.1 Å². The number of halogens is 2. The summed E-state index contributed by atoms with van der Waals surface area (Å²) < 4.78 is 0. The Morgan fingerprint density at radius 2 is 1.87 bits per heavy atom. The maximum Gasteiger partial charge on any atom is 0.236 e. The topological polar surface area (TPSA) is 51.2 Å². The number of likely N-dealkylation sites (tertiary alicyclic amines) is 1. The van der Waals surface area contributed by atoms with Crippen molar-refractivity contribution in [1.29, 1.82) is 0 Å². The molecule has 1 amide bonds. The van der Waals surface area contributed by atoms with E-state index in [4.69, 9.17) is 16.6 Å². The van der Waals surface area contributed by atoms with E-state index in [-0.39, 0.29) is 24.0 Å². The Morgan fingerprint density at radius 3 is 2.53 bits per heavy atom. The van der Waals surface area contributed by atoms with Crippen LogP contribution in [0.15, 0.2) is 29.3 Å². The van der Waals surface area contributed by atoms with Crippen molar-refractivity contribution in [2.24, 2.45) is 4.99 Å². The number of amides is 1. The van der Waals surface area contributed by atoms with Crippen LogP contribution in [0.2, 0.25) is 5.02 Å². The van der Waals surface area contributed by atoms with Crippen LogP contribution in [0.3, 0.4) is 0 Å². The lowest BCUT2D eigenvalue weighted by atomic mass is 10.1. The van der Waals surface area contributed by atoms with E-state index < -0.39 is 0 Å². The number of rotatable bonds is 5. The molecule has 2 unspecified atom stereocenters. The van der Waals surface area contributed by atoms with Crippen molar-refractivity contribution in [2.75, 3.05) is 52.4 Å². The minimum absolute atomic E-state index is 0. The monoisotopic (exact) mass is 545 g/mol. The average Bonchev–Trinajstić information content (AvgIpc) is 3.26. The van der Waals surface area contributed by atoms with Crippen LogP contribution in [-0.2, 0) is 4.79 Å². The van der Waals surface area contributed by atoms with E-state index in [2.05, 4.69) is 34.2 Å². The molecule has 1 aromatic rings. The van der Waals surface area contributed by atoms with Crippen LogP contribution in [0, 0.1) is 0 Å². The summed E-state index contributed by atoms with van der Waals surface area (Å²) in [4.78, 5) is 23.8. The summed E-state index contributed by atoms with van der Waals surface area (Å²) in [5.41, 5.74) is 1.30. The van der Waals surface area contributed by atoms with Gasteiger partial charge in [0.1, 0.15) is 0 Å². The number of hydrogen-bond donors (Lipinski definition) is 1. The van der Waals surface area contributed by atoms with Crippen molar-refractivity contribution in [3.63, 3.8) is 0 Å². The van der Waals surface area contributed by atoms with E-state index in [1.54, 1.807) is 0 Å². The Bertz CT molecular complexity index is 747. The van der Waals surface area contributed by atoms with Crippen LogP contribution in [0.1, 0.15) is 37.7 Å². The van der Waals surface area contributed by atoms with Crippen LogP contribution >= 0.6 is 35.6 Å². The number of nitrogens with zero attached hydrogens (tertiary/aromatic N) is 4. The molecule has 4 rings (SSSR count). The lowest BCUT2D eigenvalue weighted by Gasteiger charge is -2.36. The molecule has 8 heteroatoms. The quantitative estimate of drug-likeness (QED) is 0.351. The van der Waals surface area contributed by atoms with E-state index in [1.807, 2.05) is 17.0 Å². The maximum absolute atomic E-state index is 12.4. The molecule has 0 radical (unpaired) electrons. The van der Waals surface area contributed by atoms with Gasteiger partial charge in [0.2, 0.25) is 5.91 Å². The maximum atomic E-state index is 12.4. The van der Waals surface area contributed by atoms with Gasteiger partial charge in [-0.05, 0) is 43.9 Å². The van der Waals surface area contributed by atoms with Crippen molar-refractivity contribution >= 4 is 47.4 Å². The average molecular weight is 546 g/mol. The zero-order valence-electron chi connectivity index (χ0n) is 17.7. The molecular formula is C22H33ClIN5O. The van der Waals surface area contributed by atoms with E-state index in [0.29, 0.717) is 24.4 Å². The van der Waals surface area contributed by atoms with Gasteiger partial charge >= 0.3 is 0 Å². The summed E-state index contributed by atoms with van der Waals surface area (Å²) in [6.45, 7) is 8.91. The first-order chi connectivity index (χ1) is 14.1. The molecule has 0 spiro atoms. The molecule has 2 saturated heterocycles. The molecule has 2 heterocycles. The van der Waals surface area contributed by atoms with Crippen molar-refractivity contribution < 1.29 is 4.79 Å². The number of carbonyl (C=O) groups excluding carboxylic acids is 1. The number of hydrogen-bond acceptors (Lipinski definition) is 3. The fourth-order valence-electron chi connectivity index (χ4n) is 4.39. The van der Waals surface area contributed by atoms with Crippen LogP contribution in [0.5, 0.6) is 0 Å². The number of benzene rings is 1. The highest BCUT2D eigenvalue weighted by Gasteiger charge is 2.40. The number of piperazine rings is 1. The zero-order valence-corrected chi connectivity index (χ0v) is 20.8. The molecule has 3 aliphatic rings. The first kappa shape index (κ1) is 23.6. The molecule has 0 aromatic heterocycles. The van der Waals surface area contributed by atoms with Gasteiger partial charge in [0.05, 0.1) is 6.54 Å². The Kier molecular flexibility index (Phi) is 8.65. The van der Waals surface area contributed by atoms with Gasteiger partial charge in [-0.3, -0.25) is 14.7 Å². The number of guanidine groups is 1. The van der Waals surface area contributed by atoms with E-state index in [1.165, 1.54) is 5.56 Å². The van der Waals surface area contributed by atoms with Gasteiger partial charge < -0.3 is 15.1 Å². The van der Waals surface area contributed by atoms with E-state index in [9.17, 15) is 4.79 Å². The third-order valence-corrected chi connectivity index (χ3v) is 6.41. The lowest BCUT2D eigenvalue weighted by Crippen LogP contribution is -2.54. The largest absolute Gasteiger partial charge is 0.353 e. The molecule has 3 fully saturated rings. The van der Waals surface area contributed by atoms with Crippen LogP contribution in [-0.4, -0.2) is 85.0 Å². The predicted molar refractivity (Wildman–Crippen MR) is 133 cm³/mol.